The van der Waals surface area contributed by atoms with Crippen LogP contribution in [0.5, 0.6) is 5.75 Å². The average molecular weight is 608 g/mol. The van der Waals surface area contributed by atoms with Gasteiger partial charge in [-0.15, -0.1) is 11.8 Å². The summed E-state index contributed by atoms with van der Waals surface area (Å²) >= 11 is 1.42. The van der Waals surface area contributed by atoms with E-state index in [4.69, 9.17) is 4.74 Å². The molecule has 3 aromatic rings. The molecule has 3 atom stereocenters. The molecule has 228 valence electrons. The highest BCUT2D eigenvalue weighted by Gasteiger charge is 2.49. The molecule has 0 unspecified atom stereocenters. The molecule has 0 aliphatic carbocycles. The zero-order valence-corrected chi connectivity index (χ0v) is 25.6. The molecule has 3 amide bonds. The van der Waals surface area contributed by atoms with Gasteiger partial charge >= 0.3 is 0 Å². The first kappa shape index (κ1) is 32.0. The van der Waals surface area contributed by atoms with Crippen molar-refractivity contribution >= 4 is 29.5 Å². The molecular formula is C33H38FN3O5S. The third kappa shape index (κ3) is 8.14. The summed E-state index contributed by atoms with van der Waals surface area (Å²) in [5, 5.41) is 17.0. The van der Waals surface area contributed by atoms with Gasteiger partial charge in [0.1, 0.15) is 17.6 Å². The number of ether oxygens (including phenoxy) is 1. The van der Waals surface area contributed by atoms with Crippen LogP contribution >= 0.6 is 11.8 Å². The van der Waals surface area contributed by atoms with Crippen molar-refractivity contribution in [3.8, 4) is 5.75 Å². The maximum atomic E-state index is 13.8. The number of nitrogens with zero attached hydrogens (tertiary/aromatic N) is 1. The highest BCUT2D eigenvalue weighted by molar-refractivity contribution is 8.00. The van der Waals surface area contributed by atoms with Crippen molar-refractivity contribution in [1.29, 1.82) is 0 Å². The number of nitrogens with one attached hydrogen (secondary N) is 2. The normalized spacial score (nSPS) is 17.2. The zero-order chi connectivity index (χ0) is 31.1. The van der Waals surface area contributed by atoms with E-state index < -0.39 is 46.5 Å². The van der Waals surface area contributed by atoms with Gasteiger partial charge in [-0.05, 0) is 68.5 Å². The number of carbonyl (C=O) groups is 3. The van der Waals surface area contributed by atoms with Crippen LogP contribution in [0.3, 0.4) is 0 Å². The number of amides is 3. The van der Waals surface area contributed by atoms with E-state index in [2.05, 4.69) is 10.6 Å². The summed E-state index contributed by atoms with van der Waals surface area (Å²) in [4.78, 5) is 41.6. The Kier molecular flexibility index (Phi) is 10.5. The smallest absolute Gasteiger partial charge is 0.258 e. The summed E-state index contributed by atoms with van der Waals surface area (Å²) in [5.74, 6) is -1.18. The van der Waals surface area contributed by atoms with Crippen molar-refractivity contribution in [2.45, 2.75) is 63.6 Å². The molecule has 1 saturated heterocycles. The molecular weight excluding hydrogens is 569 g/mol. The molecule has 8 nitrogen and oxygen atoms in total. The Morgan fingerprint density at radius 2 is 1.67 bits per heavy atom. The van der Waals surface area contributed by atoms with E-state index in [-0.39, 0.29) is 25.4 Å². The molecule has 0 spiro atoms. The van der Waals surface area contributed by atoms with E-state index in [1.54, 1.807) is 12.1 Å². The predicted octanol–water partition coefficient (Wildman–Crippen LogP) is 3.91. The van der Waals surface area contributed by atoms with E-state index in [0.717, 1.165) is 16.7 Å². The minimum absolute atomic E-state index is 0.0888. The summed E-state index contributed by atoms with van der Waals surface area (Å²) in [7, 11) is 0. The largest absolute Gasteiger partial charge is 0.483 e. The molecule has 43 heavy (non-hydrogen) atoms. The van der Waals surface area contributed by atoms with Crippen molar-refractivity contribution in [2.24, 2.45) is 0 Å². The van der Waals surface area contributed by atoms with Crippen molar-refractivity contribution in [3.05, 3.63) is 101 Å². The van der Waals surface area contributed by atoms with Gasteiger partial charge in [-0.25, -0.2) is 4.39 Å². The van der Waals surface area contributed by atoms with Crippen LogP contribution in [0.2, 0.25) is 0 Å². The molecule has 4 rings (SSSR count). The van der Waals surface area contributed by atoms with E-state index in [0.29, 0.717) is 11.3 Å². The van der Waals surface area contributed by atoms with Crippen molar-refractivity contribution in [2.75, 3.05) is 12.5 Å². The van der Waals surface area contributed by atoms with Gasteiger partial charge in [0.05, 0.1) is 11.9 Å². The van der Waals surface area contributed by atoms with Gasteiger partial charge in [0.25, 0.3) is 11.8 Å². The summed E-state index contributed by atoms with van der Waals surface area (Å²) in [6.45, 7) is 7.29. The number of thioether (sulfide) groups is 1. The number of carbonyl (C=O) groups excluding carboxylic acids is 3. The number of aryl methyl sites for hydroxylation is 2. The van der Waals surface area contributed by atoms with Gasteiger partial charge < -0.3 is 25.4 Å². The molecule has 1 aliphatic rings. The highest BCUT2D eigenvalue weighted by Crippen LogP contribution is 2.40. The molecule has 3 aromatic carbocycles. The second-order valence-electron chi connectivity index (χ2n) is 11.3. The fraction of sp³-hybridized carbons (Fsp3) is 0.364. The van der Waals surface area contributed by atoms with Gasteiger partial charge in [-0.2, -0.15) is 0 Å². The van der Waals surface area contributed by atoms with Gasteiger partial charge in [0.15, 0.2) is 12.7 Å². The van der Waals surface area contributed by atoms with E-state index in [1.165, 1.54) is 28.8 Å². The predicted molar refractivity (Wildman–Crippen MR) is 165 cm³/mol. The number of aliphatic hydroxyl groups is 1. The van der Waals surface area contributed by atoms with E-state index in [1.807, 2.05) is 76.2 Å². The molecule has 0 radical (unpaired) electrons. The standard InChI is InChI=1S/C33H38FN3O5S/c1-21-10-8-11-22(2)29(21)42-19-27(38)36-26(17-23-12-6-5-7-13-23)28(39)32(41)37-20-43-33(3,4)30(37)31(40)35-18-24-14-9-15-25(34)16-24/h5-16,26,28,30,39H,17-20H2,1-4H3,(H,35,40)(H,36,38)/t26-,28-,30+/m0/s1. The van der Waals surface area contributed by atoms with Gasteiger partial charge in [-0.1, -0.05) is 60.7 Å². The molecule has 0 saturated carbocycles. The van der Waals surface area contributed by atoms with E-state index >= 15 is 0 Å². The quantitative estimate of drug-likeness (QED) is 0.305. The number of para-hydroxylation sites is 1. The van der Waals surface area contributed by atoms with Crippen molar-refractivity contribution in [1.82, 2.24) is 15.5 Å². The first-order valence-electron chi connectivity index (χ1n) is 14.1. The Morgan fingerprint density at radius 1 is 1.02 bits per heavy atom. The second kappa shape index (κ2) is 14.1. The minimum atomic E-state index is -1.63. The van der Waals surface area contributed by atoms with Crippen LogP contribution < -0.4 is 15.4 Å². The molecule has 0 aromatic heterocycles. The number of hydrogen-bond donors (Lipinski definition) is 3. The third-order valence-electron chi connectivity index (χ3n) is 7.47. The first-order valence-corrected chi connectivity index (χ1v) is 15.1. The van der Waals surface area contributed by atoms with Gasteiger partial charge in [0.2, 0.25) is 5.91 Å². The lowest BCUT2D eigenvalue weighted by Crippen LogP contribution is -2.59. The first-order chi connectivity index (χ1) is 20.5. The maximum Gasteiger partial charge on any atom is 0.258 e. The Balaban J connectivity index is 1.49. The number of hydrogen-bond acceptors (Lipinski definition) is 6. The molecule has 1 fully saturated rings. The summed E-state index contributed by atoms with van der Waals surface area (Å²) < 4.78 is 18.8. The summed E-state index contributed by atoms with van der Waals surface area (Å²) in [5.41, 5.74) is 3.18. The number of rotatable bonds is 11. The Hall–Kier alpha value is -3.89. The number of benzene rings is 3. The SMILES string of the molecule is Cc1cccc(C)c1OCC(=O)N[C@@H](Cc1ccccc1)[C@H](O)C(=O)N1CSC(C)(C)[C@H]1C(=O)NCc1cccc(F)c1. The summed E-state index contributed by atoms with van der Waals surface area (Å²) in [6, 6.07) is 19.0. The summed E-state index contributed by atoms with van der Waals surface area (Å²) in [6.07, 6.45) is -1.44. The molecule has 3 N–H and O–H groups in total. The maximum absolute atomic E-state index is 13.8. The van der Waals surface area contributed by atoms with Gasteiger partial charge in [0, 0.05) is 11.3 Å². The van der Waals surface area contributed by atoms with Crippen LogP contribution in [0.4, 0.5) is 4.39 Å². The Labute approximate surface area is 256 Å². The number of aliphatic hydroxyl groups excluding tert-OH is 1. The molecule has 10 heteroatoms. The lowest BCUT2D eigenvalue weighted by Gasteiger charge is -2.33. The molecule has 1 aliphatic heterocycles. The monoisotopic (exact) mass is 607 g/mol. The van der Waals surface area contributed by atoms with Crippen molar-refractivity contribution in [3.63, 3.8) is 0 Å². The van der Waals surface area contributed by atoms with Crippen LogP contribution in [-0.2, 0) is 27.3 Å². The van der Waals surface area contributed by atoms with E-state index in [9.17, 15) is 23.9 Å². The molecule has 0 bridgehead atoms. The number of halogens is 1. The second-order valence-corrected chi connectivity index (χ2v) is 12.9. The average Bonchev–Trinajstić information content (AvgIpc) is 3.29. The van der Waals surface area contributed by atoms with Crippen LogP contribution in [0.25, 0.3) is 0 Å². The fourth-order valence-corrected chi connectivity index (χ4v) is 6.35. The zero-order valence-electron chi connectivity index (χ0n) is 24.8. The third-order valence-corrected chi connectivity index (χ3v) is 8.84. The minimum Gasteiger partial charge on any atom is -0.483 e. The highest BCUT2D eigenvalue weighted by atomic mass is 32.2. The van der Waals surface area contributed by atoms with Crippen LogP contribution in [-0.4, -0.2) is 63.1 Å². The fourth-order valence-electron chi connectivity index (χ4n) is 5.21. The van der Waals surface area contributed by atoms with Gasteiger partial charge in [-0.3, -0.25) is 14.4 Å². The van der Waals surface area contributed by atoms with Crippen molar-refractivity contribution < 1.29 is 28.6 Å². The molecule has 1 heterocycles. The van der Waals surface area contributed by atoms with Crippen LogP contribution in [0, 0.1) is 19.7 Å². The van der Waals surface area contributed by atoms with Crippen LogP contribution in [0.1, 0.15) is 36.1 Å². The Morgan fingerprint density at radius 3 is 2.35 bits per heavy atom. The topological polar surface area (TPSA) is 108 Å². The lowest BCUT2D eigenvalue weighted by molar-refractivity contribution is -0.148. The Bertz CT molecular complexity index is 1430. The van der Waals surface area contributed by atoms with Crippen LogP contribution in [0.15, 0.2) is 72.8 Å². The lowest BCUT2D eigenvalue weighted by atomic mass is 9.97.